The fourth-order valence-electron chi connectivity index (χ4n) is 3.71. The van der Waals surface area contributed by atoms with Crippen molar-refractivity contribution < 1.29 is 28.6 Å². The number of benzene rings is 2. The third kappa shape index (κ3) is 6.52. The van der Waals surface area contributed by atoms with E-state index in [1.54, 1.807) is 12.1 Å². The van der Waals surface area contributed by atoms with Crippen molar-refractivity contribution in [2.24, 2.45) is 5.92 Å². The number of likely N-dealkylation sites (tertiary alicyclic amines) is 1. The number of nitrogens with zero attached hydrogens (tertiary/aromatic N) is 1. The lowest BCUT2D eigenvalue weighted by Crippen LogP contribution is -2.37. The number of amides is 1. The lowest BCUT2D eigenvalue weighted by Gasteiger charge is -2.22. The molecule has 0 bridgehead atoms. The standard InChI is InChI=1S/C27H27F2NO4/c1-19(6-5-9-20-7-3-2-4-8-20)24(31)15-14-23-18-27(28,29)26(34)30(23)17-16-21-10-12-22(13-11-21)25(32)33/h2-4,7-8,10-15,19,23-24,31H,6,16-18H2,1H3,(H,32,33)/b15-14+/t19-,23-,24+/m0/s1. The number of hydrogen-bond acceptors (Lipinski definition) is 3. The zero-order chi connectivity index (χ0) is 24.7. The monoisotopic (exact) mass is 467 g/mol. The molecule has 0 unspecified atom stereocenters. The van der Waals surface area contributed by atoms with Crippen LogP contribution >= 0.6 is 0 Å². The van der Waals surface area contributed by atoms with E-state index < -0.39 is 36.4 Å². The predicted octanol–water partition coefficient (Wildman–Crippen LogP) is 4.16. The number of carbonyl (C=O) groups is 2. The first-order valence-corrected chi connectivity index (χ1v) is 11.1. The van der Waals surface area contributed by atoms with E-state index in [9.17, 15) is 23.5 Å². The van der Waals surface area contributed by atoms with Crippen molar-refractivity contribution in [3.63, 3.8) is 0 Å². The van der Waals surface area contributed by atoms with Gasteiger partial charge in [0.2, 0.25) is 0 Å². The van der Waals surface area contributed by atoms with Crippen LogP contribution in [0, 0.1) is 17.8 Å². The van der Waals surface area contributed by atoms with Gasteiger partial charge < -0.3 is 15.1 Å². The molecule has 2 aromatic carbocycles. The van der Waals surface area contributed by atoms with Crippen molar-refractivity contribution in [3.8, 4) is 11.8 Å². The lowest BCUT2D eigenvalue weighted by molar-refractivity contribution is -0.148. The first-order chi connectivity index (χ1) is 16.2. The van der Waals surface area contributed by atoms with E-state index in [2.05, 4.69) is 11.8 Å². The van der Waals surface area contributed by atoms with Gasteiger partial charge >= 0.3 is 11.9 Å². The Morgan fingerprint density at radius 2 is 1.88 bits per heavy atom. The van der Waals surface area contributed by atoms with Gasteiger partial charge in [-0.25, -0.2) is 4.79 Å². The van der Waals surface area contributed by atoms with Crippen LogP contribution in [0.15, 0.2) is 66.7 Å². The summed E-state index contributed by atoms with van der Waals surface area (Å²) < 4.78 is 28.3. The fraction of sp³-hybridized carbons (Fsp3) is 0.333. The largest absolute Gasteiger partial charge is 0.478 e. The van der Waals surface area contributed by atoms with E-state index in [0.717, 1.165) is 16.0 Å². The molecule has 1 aliphatic heterocycles. The summed E-state index contributed by atoms with van der Waals surface area (Å²) in [4.78, 5) is 24.3. The molecular weight excluding hydrogens is 440 g/mol. The highest BCUT2D eigenvalue weighted by Gasteiger charge is 2.52. The number of rotatable bonds is 8. The van der Waals surface area contributed by atoms with Gasteiger partial charge in [0.1, 0.15) is 0 Å². The normalized spacial score (nSPS) is 19.0. The van der Waals surface area contributed by atoms with Crippen LogP contribution in [0.25, 0.3) is 0 Å². The molecule has 2 N–H and O–H groups in total. The summed E-state index contributed by atoms with van der Waals surface area (Å²) in [6.07, 6.45) is 2.13. The van der Waals surface area contributed by atoms with E-state index in [4.69, 9.17) is 5.11 Å². The second kappa shape index (κ2) is 11.1. The van der Waals surface area contributed by atoms with Gasteiger partial charge in [0.15, 0.2) is 0 Å². The van der Waals surface area contributed by atoms with Crippen molar-refractivity contribution >= 4 is 11.9 Å². The summed E-state index contributed by atoms with van der Waals surface area (Å²) in [6, 6.07) is 14.7. The average Bonchev–Trinajstić information content (AvgIpc) is 3.04. The SMILES string of the molecule is C[C@@H](CC#Cc1ccccc1)[C@H](O)/C=C/[C@H]1CC(F)(F)C(=O)N1CCc1ccc(C(=O)O)cc1. The van der Waals surface area contributed by atoms with Gasteiger partial charge in [-0.15, -0.1) is 0 Å². The molecule has 0 aliphatic carbocycles. The number of carboxylic acid groups (broad SMARTS) is 1. The van der Waals surface area contributed by atoms with Crippen molar-refractivity contribution in [1.82, 2.24) is 4.90 Å². The van der Waals surface area contributed by atoms with Gasteiger partial charge in [-0.2, -0.15) is 8.78 Å². The van der Waals surface area contributed by atoms with Crippen LogP contribution in [0.3, 0.4) is 0 Å². The molecule has 3 rings (SSSR count). The highest BCUT2D eigenvalue weighted by atomic mass is 19.3. The number of carboxylic acids is 1. The van der Waals surface area contributed by atoms with Crippen LogP contribution in [0.4, 0.5) is 8.78 Å². The minimum absolute atomic E-state index is 0.0596. The number of carbonyl (C=O) groups excluding carboxylic acids is 1. The summed E-state index contributed by atoms with van der Waals surface area (Å²) in [5.74, 6) is 0.0854. The molecule has 1 saturated heterocycles. The van der Waals surface area contributed by atoms with Crippen LogP contribution in [-0.2, 0) is 11.2 Å². The second-order valence-corrected chi connectivity index (χ2v) is 8.45. The van der Waals surface area contributed by atoms with Crippen molar-refractivity contribution in [3.05, 3.63) is 83.4 Å². The highest BCUT2D eigenvalue weighted by Crippen LogP contribution is 2.34. The first-order valence-electron chi connectivity index (χ1n) is 11.1. The summed E-state index contributed by atoms with van der Waals surface area (Å²) in [6.45, 7) is 1.88. The van der Waals surface area contributed by atoms with E-state index >= 15 is 0 Å². The molecule has 2 aromatic rings. The minimum Gasteiger partial charge on any atom is -0.478 e. The maximum Gasteiger partial charge on any atom is 0.335 e. The molecule has 0 radical (unpaired) electrons. The highest BCUT2D eigenvalue weighted by molar-refractivity contribution is 5.87. The summed E-state index contributed by atoms with van der Waals surface area (Å²) in [5, 5.41) is 19.4. The average molecular weight is 468 g/mol. The van der Waals surface area contributed by atoms with E-state index in [0.29, 0.717) is 12.8 Å². The number of alkyl halides is 2. The minimum atomic E-state index is -3.46. The second-order valence-electron chi connectivity index (χ2n) is 8.45. The molecule has 3 atom stereocenters. The van der Waals surface area contributed by atoms with Crippen LogP contribution in [-0.4, -0.2) is 51.6 Å². The van der Waals surface area contributed by atoms with Crippen LogP contribution < -0.4 is 0 Å². The smallest absolute Gasteiger partial charge is 0.335 e. The number of halogens is 2. The summed E-state index contributed by atoms with van der Waals surface area (Å²) in [5.41, 5.74) is 1.74. The maximum absolute atomic E-state index is 14.1. The third-order valence-electron chi connectivity index (χ3n) is 5.83. The van der Waals surface area contributed by atoms with Crippen molar-refractivity contribution in [2.45, 2.75) is 44.3 Å². The maximum atomic E-state index is 14.1. The van der Waals surface area contributed by atoms with Gasteiger partial charge in [0.25, 0.3) is 5.91 Å². The Hall–Kier alpha value is -3.50. The Bertz CT molecular complexity index is 1090. The van der Waals surface area contributed by atoms with Crippen LogP contribution in [0.5, 0.6) is 0 Å². The summed E-state index contributed by atoms with van der Waals surface area (Å²) >= 11 is 0. The molecule has 5 nitrogen and oxygen atoms in total. The molecule has 0 spiro atoms. The summed E-state index contributed by atoms with van der Waals surface area (Å²) in [7, 11) is 0. The Morgan fingerprint density at radius 1 is 1.21 bits per heavy atom. The molecule has 34 heavy (non-hydrogen) atoms. The molecule has 0 saturated carbocycles. The fourth-order valence-corrected chi connectivity index (χ4v) is 3.71. The number of aromatic carboxylic acids is 1. The zero-order valence-corrected chi connectivity index (χ0v) is 18.8. The van der Waals surface area contributed by atoms with Crippen molar-refractivity contribution in [2.75, 3.05) is 6.54 Å². The van der Waals surface area contributed by atoms with Crippen LogP contribution in [0.2, 0.25) is 0 Å². The van der Waals surface area contributed by atoms with E-state index in [1.165, 1.54) is 24.3 Å². The molecule has 1 amide bonds. The molecule has 1 aliphatic rings. The Balaban J connectivity index is 1.60. The number of aliphatic hydroxyl groups excluding tert-OH is 1. The Morgan fingerprint density at radius 3 is 2.53 bits per heavy atom. The number of aliphatic hydroxyl groups is 1. The van der Waals surface area contributed by atoms with Crippen LogP contribution in [0.1, 0.15) is 41.3 Å². The van der Waals surface area contributed by atoms with Gasteiger partial charge in [-0.1, -0.05) is 61.2 Å². The van der Waals surface area contributed by atoms with Gasteiger partial charge in [0, 0.05) is 24.9 Å². The Labute approximate surface area is 197 Å². The van der Waals surface area contributed by atoms with E-state index in [1.807, 2.05) is 37.3 Å². The molecule has 178 valence electrons. The topological polar surface area (TPSA) is 77.8 Å². The van der Waals surface area contributed by atoms with Crippen molar-refractivity contribution in [1.29, 1.82) is 0 Å². The number of hydrogen-bond donors (Lipinski definition) is 2. The van der Waals surface area contributed by atoms with Gasteiger partial charge in [0.05, 0.1) is 17.7 Å². The van der Waals surface area contributed by atoms with Gasteiger partial charge in [-0.05, 0) is 42.2 Å². The third-order valence-corrected chi connectivity index (χ3v) is 5.83. The molecule has 1 fully saturated rings. The lowest BCUT2D eigenvalue weighted by atomic mass is 9.99. The molecule has 1 heterocycles. The Kier molecular flexibility index (Phi) is 8.19. The van der Waals surface area contributed by atoms with Gasteiger partial charge in [-0.3, -0.25) is 4.79 Å². The molecule has 0 aromatic heterocycles. The molecule has 7 heteroatoms. The quantitative estimate of drug-likeness (QED) is 0.452. The first kappa shape index (κ1) is 25.1. The molecular formula is C27H27F2NO4. The zero-order valence-electron chi connectivity index (χ0n) is 18.8. The van der Waals surface area contributed by atoms with E-state index in [-0.39, 0.29) is 18.0 Å². The predicted molar refractivity (Wildman–Crippen MR) is 124 cm³/mol.